The van der Waals surface area contributed by atoms with Crippen LogP contribution in [0.15, 0.2) is 24.3 Å². The maximum Gasteiger partial charge on any atom is 0.240 e. The minimum atomic E-state index is -0.720. The topological polar surface area (TPSA) is 70.6 Å². The minimum Gasteiger partial charge on any atom is -0.491 e. The zero-order valence-electron chi connectivity index (χ0n) is 13.6. The monoisotopic (exact) mass is 306 g/mol. The fourth-order valence-corrected chi connectivity index (χ4v) is 2.63. The Morgan fingerprint density at radius 3 is 2.64 bits per heavy atom. The van der Waals surface area contributed by atoms with E-state index in [0.29, 0.717) is 0 Å². The molecule has 1 amide bonds. The highest BCUT2D eigenvalue weighted by atomic mass is 16.5. The lowest BCUT2D eigenvalue weighted by molar-refractivity contribution is -0.127. The van der Waals surface area contributed by atoms with Gasteiger partial charge in [-0.1, -0.05) is 12.1 Å². The van der Waals surface area contributed by atoms with Crippen LogP contribution in [0.4, 0.5) is 0 Å². The average molecular weight is 306 g/mol. The van der Waals surface area contributed by atoms with Crippen LogP contribution in [-0.4, -0.2) is 35.7 Å². The highest BCUT2D eigenvalue weighted by Gasteiger charge is 2.35. The highest BCUT2D eigenvalue weighted by molar-refractivity contribution is 5.86. The molecule has 122 valence electrons. The van der Waals surface area contributed by atoms with Gasteiger partial charge in [0.15, 0.2) is 0 Å². The molecule has 2 atom stereocenters. The van der Waals surface area contributed by atoms with Crippen molar-refractivity contribution in [1.29, 1.82) is 0 Å². The van der Waals surface area contributed by atoms with Gasteiger partial charge >= 0.3 is 0 Å². The van der Waals surface area contributed by atoms with Crippen LogP contribution in [0.5, 0.6) is 5.75 Å². The van der Waals surface area contributed by atoms with Crippen LogP contribution >= 0.6 is 0 Å². The molecule has 5 heteroatoms. The van der Waals surface area contributed by atoms with Gasteiger partial charge in [-0.05, 0) is 57.9 Å². The number of rotatable bonds is 6. The molecule has 0 aromatic heterocycles. The average Bonchev–Trinajstić information content (AvgIpc) is 2.92. The van der Waals surface area contributed by atoms with Gasteiger partial charge in [-0.15, -0.1) is 0 Å². The summed E-state index contributed by atoms with van der Waals surface area (Å²) in [6.45, 7) is 6.91. The third kappa shape index (κ3) is 4.21. The number of amides is 1. The normalized spacial score (nSPS) is 22.6. The molecule has 1 fully saturated rings. The van der Waals surface area contributed by atoms with E-state index >= 15 is 0 Å². The van der Waals surface area contributed by atoms with Crippen LogP contribution in [0.25, 0.3) is 0 Å². The Morgan fingerprint density at radius 1 is 1.41 bits per heavy atom. The van der Waals surface area contributed by atoms with E-state index in [1.165, 1.54) is 0 Å². The summed E-state index contributed by atoms with van der Waals surface area (Å²) in [5.74, 6) is 0.724. The largest absolute Gasteiger partial charge is 0.491 e. The molecule has 0 radical (unpaired) electrons. The lowest BCUT2D eigenvalue weighted by Crippen LogP contribution is -2.51. The number of hydrogen-bond donors (Lipinski definition) is 3. The van der Waals surface area contributed by atoms with E-state index < -0.39 is 11.6 Å². The Balaban J connectivity index is 1.86. The first-order valence-corrected chi connectivity index (χ1v) is 7.89. The number of nitrogens with one attached hydrogen (secondary N) is 2. The predicted molar refractivity (Wildman–Crippen MR) is 85.8 cm³/mol. The molecule has 0 aliphatic carbocycles. The van der Waals surface area contributed by atoms with Gasteiger partial charge in [-0.2, -0.15) is 0 Å². The van der Waals surface area contributed by atoms with E-state index in [0.717, 1.165) is 30.7 Å². The highest BCUT2D eigenvalue weighted by Crippen LogP contribution is 2.20. The summed E-state index contributed by atoms with van der Waals surface area (Å²) < 4.78 is 5.57. The van der Waals surface area contributed by atoms with Crippen molar-refractivity contribution in [1.82, 2.24) is 10.6 Å². The molecule has 0 spiro atoms. The predicted octanol–water partition coefficient (Wildman–Crippen LogP) is 1.77. The standard InChI is InChI=1S/C17H26N2O3/c1-12(2)22-14-7-5-13(6-8-14)15(20)11-18-16(21)17(3)9-4-10-19-17/h5-8,12,15,19-20H,4,9-11H2,1-3H3,(H,18,21). The van der Waals surface area contributed by atoms with Crippen molar-refractivity contribution in [3.63, 3.8) is 0 Å². The maximum absolute atomic E-state index is 12.2. The van der Waals surface area contributed by atoms with Crippen molar-refractivity contribution in [2.24, 2.45) is 0 Å². The molecule has 3 N–H and O–H groups in total. The van der Waals surface area contributed by atoms with Gasteiger partial charge in [0.05, 0.1) is 17.7 Å². The molecule has 1 saturated heterocycles. The van der Waals surface area contributed by atoms with Gasteiger partial charge in [-0.3, -0.25) is 4.79 Å². The number of carbonyl (C=O) groups is 1. The van der Waals surface area contributed by atoms with Crippen LogP contribution in [0, 0.1) is 0 Å². The smallest absolute Gasteiger partial charge is 0.240 e. The van der Waals surface area contributed by atoms with Crippen LogP contribution in [0.1, 0.15) is 45.3 Å². The summed E-state index contributed by atoms with van der Waals surface area (Å²) in [6.07, 6.45) is 1.23. The summed E-state index contributed by atoms with van der Waals surface area (Å²) in [4.78, 5) is 12.2. The van der Waals surface area contributed by atoms with Crippen LogP contribution < -0.4 is 15.4 Å². The Labute approximate surface area is 132 Å². The molecule has 22 heavy (non-hydrogen) atoms. The fraction of sp³-hybridized carbons (Fsp3) is 0.588. The van der Waals surface area contributed by atoms with Crippen LogP contribution in [0.3, 0.4) is 0 Å². The van der Waals surface area contributed by atoms with Crippen molar-refractivity contribution < 1.29 is 14.6 Å². The molecule has 2 unspecified atom stereocenters. The van der Waals surface area contributed by atoms with Crippen LogP contribution in [-0.2, 0) is 4.79 Å². The van der Waals surface area contributed by atoms with E-state index in [4.69, 9.17) is 4.74 Å². The van der Waals surface area contributed by atoms with Crippen LogP contribution in [0.2, 0.25) is 0 Å². The summed E-state index contributed by atoms with van der Waals surface area (Å²) in [7, 11) is 0. The fourth-order valence-electron chi connectivity index (χ4n) is 2.63. The molecule has 1 aliphatic heterocycles. The number of aliphatic hydroxyl groups excluding tert-OH is 1. The second-order valence-corrected chi connectivity index (χ2v) is 6.32. The van der Waals surface area contributed by atoms with Gasteiger partial charge in [0, 0.05) is 6.54 Å². The van der Waals surface area contributed by atoms with Gasteiger partial charge in [0.25, 0.3) is 0 Å². The molecule has 0 saturated carbocycles. The Hall–Kier alpha value is -1.59. The second kappa shape index (κ2) is 7.11. The van der Waals surface area contributed by atoms with E-state index in [1.807, 2.05) is 45.0 Å². The summed E-state index contributed by atoms with van der Waals surface area (Å²) in [6, 6.07) is 7.31. The Morgan fingerprint density at radius 2 is 2.09 bits per heavy atom. The Kier molecular flexibility index (Phi) is 5.42. The number of carbonyl (C=O) groups excluding carboxylic acids is 1. The van der Waals surface area contributed by atoms with Gasteiger partial charge in [0.2, 0.25) is 5.91 Å². The molecule has 2 rings (SSSR count). The van der Waals surface area contributed by atoms with E-state index in [2.05, 4.69) is 10.6 Å². The lowest BCUT2D eigenvalue weighted by Gasteiger charge is -2.24. The van der Waals surface area contributed by atoms with Gasteiger partial charge in [0.1, 0.15) is 5.75 Å². The minimum absolute atomic E-state index is 0.0520. The van der Waals surface area contributed by atoms with Crippen molar-refractivity contribution in [2.45, 2.75) is 51.4 Å². The third-order valence-corrected chi connectivity index (χ3v) is 3.96. The summed E-state index contributed by atoms with van der Waals surface area (Å²) in [5.41, 5.74) is 0.259. The first-order chi connectivity index (χ1) is 10.4. The molecule has 1 aromatic rings. The molecule has 5 nitrogen and oxygen atoms in total. The molecule has 0 bridgehead atoms. The van der Waals surface area contributed by atoms with Crippen molar-refractivity contribution >= 4 is 5.91 Å². The van der Waals surface area contributed by atoms with Crippen molar-refractivity contribution in [3.05, 3.63) is 29.8 Å². The summed E-state index contributed by atoms with van der Waals surface area (Å²) in [5, 5.41) is 16.2. The van der Waals surface area contributed by atoms with Gasteiger partial charge < -0.3 is 20.5 Å². The molecule has 1 heterocycles. The first kappa shape index (κ1) is 16.8. The zero-order valence-corrected chi connectivity index (χ0v) is 13.6. The number of ether oxygens (including phenoxy) is 1. The lowest BCUT2D eigenvalue weighted by atomic mass is 9.99. The number of aliphatic hydroxyl groups is 1. The maximum atomic E-state index is 12.2. The van der Waals surface area contributed by atoms with E-state index in [-0.39, 0.29) is 18.6 Å². The molecule has 1 aromatic carbocycles. The number of benzene rings is 1. The third-order valence-electron chi connectivity index (χ3n) is 3.96. The molecular weight excluding hydrogens is 280 g/mol. The van der Waals surface area contributed by atoms with E-state index in [1.54, 1.807) is 0 Å². The van der Waals surface area contributed by atoms with Crippen molar-refractivity contribution in [2.75, 3.05) is 13.1 Å². The Bertz CT molecular complexity index is 493. The SMILES string of the molecule is CC(C)Oc1ccc(C(O)CNC(=O)C2(C)CCCN2)cc1. The molecular formula is C17H26N2O3. The zero-order chi connectivity index (χ0) is 16.2. The van der Waals surface area contributed by atoms with Gasteiger partial charge in [-0.25, -0.2) is 0 Å². The first-order valence-electron chi connectivity index (χ1n) is 7.89. The molecule has 1 aliphatic rings. The number of hydrogen-bond acceptors (Lipinski definition) is 4. The quantitative estimate of drug-likeness (QED) is 0.749. The second-order valence-electron chi connectivity index (χ2n) is 6.32. The van der Waals surface area contributed by atoms with Crippen molar-refractivity contribution in [3.8, 4) is 5.75 Å². The van der Waals surface area contributed by atoms with E-state index in [9.17, 15) is 9.90 Å². The summed E-state index contributed by atoms with van der Waals surface area (Å²) >= 11 is 0.